The molecular formula is C23H27ClN4O. The summed E-state index contributed by atoms with van der Waals surface area (Å²) in [6, 6.07) is 15.6. The van der Waals surface area contributed by atoms with Crippen molar-refractivity contribution in [3.8, 4) is 0 Å². The molecule has 3 aromatic rings. The van der Waals surface area contributed by atoms with Gasteiger partial charge in [-0.25, -0.2) is 4.98 Å². The summed E-state index contributed by atoms with van der Waals surface area (Å²) in [4.78, 5) is 19.1. The smallest absolute Gasteiger partial charge is 0.251 e. The molecule has 0 fully saturated rings. The van der Waals surface area contributed by atoms with Crippen molar-refractivity contribution >= 4 is 17.5 Å². The van der Waals surface area contributed by atoms with Gasteiger partial charge < -0.3 is 9.88 Å². The van der Waals surface area contributed by atoms with Gasteiger partial charge >= 0.3 is 0 Å². The number of aromatic nitrogens is 2. The number of halogens is 1. The molecule has 6 heteroatoms. The number of nitrogens with zero attached hydrogens (tertiary/aromatic N) is 3. The quantitative estimate of drug-likeness (QED) is 0.568. The van der Waals surface area contributed by atoms with Crippen LogP contribution in [0.15, 0.2) is 67.3 Å². The predicted octanol–water partition coefficient (Wildman–Crippen LogP) is 4.40. The zero-order chi connectivity index (χ0) is 20.6. The van der Waals surface area contributed by atoms with Crippen LogP contribution in [-0.4, -0.2) is 40.0 Å². The van der Waals surface area contributed by atoms with E-state index in [0.29, 0.717) is 12.1 Å². The molecule has 0 aliphatic heterocycles. The first-order valence-electron chi connectivity index (χ1n) is 9.93. The highest BCUT2D eigenvalue weighted by Gasteiger charge is 2.21. The molecule has 1 heterocycles. The molecule has 0 bridgehead atoms. The molecule has 1 amide bonds. The number of carbonyl (C=O) groups excluding carboxylic acids is 1. The highest BCUT2D eigenvalue weighted by molar-refractivity contribution is 6.31. The largest absolute Gasteiger partial charge is 0.350 e. The molecule has 0 saturated heterocycles. The highest BCUT2D eigenvalue weighted by Crippen LogP contribution is 2.27. The Kier molecular flexibility index (Phi) is 7.44. The van der Waals surface area contributed by atoms with Gasteiger partial charge in [-0.15, -0.1) is 0 Å². The van der Waals surface area contributed by atoms with Crippen LogP contribution in [0.1, 0.15) is 41.4 Å². The number of hydrogen-bond donors (Lipinski definition) is 1. The van der Waals surface area contributed by atoms with Crippen LogP contribution >= 0.6 is 11.6 Å². The minimum Gasteiger partial charge on any atom is -0.350 e. The fourth-order valence-corrected chi connectivity index (χ4v) is 3.75. The van der Waals surface area contributed by atoms with Crippen LogP contribution in [0.4, 0.5) is 0 Å². The molecule has 0 aliphatic rings. The average molecular weight is 411 g/mol. The molecule has 1 N–H and O–H groups in total. The third-order valence-corrected chi connectivity index (χ3v) is 5.46. The SMILES string of the molecule is CCN(CC)C(CNC(=O)c1ccc(Cn2ccnc2)cc1)c1ccccc1Cl. The zero-order valence-corrected chi connectivity index (χ0v) is 17.6. The number of amides is 1. The van der Waals surface area contributed by atoms with Crippen molar-refractivity contribution in [3.63, 3.8) is 0 Å². The molecular weight excluding hydrogens is 384 g/mol. The Balaban J connectivity index is 1.67. The second-order valence-electron chi connectivity index (χ2n) is 6.90. The summed E-state index contributed by atoms with van der Waals surface area (Å²) in [6.45, 7) is 7.23. The van der Waals surface area contributed by atoms with Crippen LogP contribution in [0.25, 0.3) is 0 Å². The lowest BCUT2D eigenvalue weighted by Gasteiger charge is -2.31. The molecule has 152 valence electrons. The Hall–Kier alpha value is -2.63. The van der Waals surface area contributed by atoms with Gasteiger partial charge in [0.05, 0.1) is 12.4 Å². The molecule has 29 heavy (non-hydrogen) atoms. The van der Waals surface area contributed by atoms with Gasteiger partial charge in [0, 0.05) is 36.1 Å². The molecule has 3 rings (SSSR count). The topological polar surface area (TPSA) is 50.2 Å². The molecule has 0 aliphatic carbocycles. The fraction of sp³-hybridized carbons (Fsp3) is 0.304. The van der Waals surface area contributed by atoms with Gasteiger partial charge in [-0.2, -0.15) is 0 Å². The maximum atomic E-state index is 12.7. The van der Waals surface area contributed by atoms with E-state index in [9.17, 15) is 4.79 Å². The molecule has 1 unspecified atom stereocenters. The van der Waals surface area contributed by atoms with Crippen molar-refractivity contribution in [1.29, 1.82) is 0 Å². The number of benzene rings is 2. The van der Waals surface area contributed by atoms with Crippen LogP contribution in [0, 0.1) is 0 Å². The first kappa shape index (κ1) is 21.1. The van der Waals surface area contributed by atoms with Gasteiger partial charge in [-0.05, 0) is 42.4 Å². The van der Waals surface area contributed by atoms with E-state index in [0.717, 1.165) is 35.8 Å². The number of carbonyl (C=O) groups is 1. The van der Waals surface area contributed by atoms with E-state index in [1.807, 2.05) is 59.3 Å². The summed E-state index contributed by atoms with van der Waals surface area (Å²) in [5.74, 6) is -0.0802. The maximum Gasteiger partial charge on any atom is 0.251 e. The van der Waals surface area contributed by atoms with Crippen LogP contribution in [0.3, 0.4) is 0 Å². The second kappa shape index (κ2) is 10.2. The van der Waals surface area contributed by atoms with Crippen LogP contribution in [0.5, 0.6) is 0 Å². The summed E-state index contributed by atoms with van der Waals surface area (Å²) in [6.07, 6.45) is 5.46. The third kappa shape index (κ3) is 5.46. The van der Waals surface area contributed by atoms with Crippen molar-refractivity contribution in [2.24, 2.45) is 0 Å². The Labute approximate surface area is 177 Å². The summed E-state index contributed by atoms with van der Waals surface area (Å²) in [7, 11) is 0. The number of rotatable bonds is 9. The van der Waals surface area contributed by atoms with Gasteiger partial charge in [0.2, 0.25) is 0 Å². The molecule has 1 atom stereocenters. The van der Waals surface area contributed by atoms with Crippen LogP contribution in [-0.2, 0) is 6.54 Å². The van der Waals surface area contributed by atoms with Crippen molar-refractivity contribution < 1.29 is 4.79 Å². The van der Waals surface area contributed by atoms with Gasteiger partial charge in [-0.3, -0.25) is 9.69 Å². The van der Waals surface area contributed by atoms with E-state index in [1.165, 1.54) is 0 Å². The lowest BCUT2D eigenvalue weighted by Crippen LogP contribution is -2.38. The molecule has 0 saturated carbocycles. The number of likely N-dealkylation sites (N-methyl/N-ethyl adjacent to an activating group) is 1. The number of imidazole rings is 1. The average Bonchev–Trinajstić information content (AvgIpc) is 3.25. The van der Waals surface area contributed by atoms with E-state index in [1.54, 1.807) is 12.5 Å². The fourth-order valence-electron chi connectivity index (χ4n) is 3.49. The predicted molar refractivity (Wildman–Crippen MR) is 117 cm³/mol. The van der Waals surface area contributed by atoms with E-state index in [4.69, 9.17) is 11.6 Å². The van der Waals surface area contributed by atoms with E-state index >= 15 is 0 Å². The zero-order valence-electron chi connectivity index (χ0n) is 16.9. The van der Waals surface area contributed by atoms with Gasteiger partial charge in [0.25, 0.3) is 5.91 Å². The van der Waals surface area contributed by atoms with E-state index < -0.39 is 0 Å². The minimum atomic E-state index is -0.0802. The Bertz CT molecular complexity index is 905. The Morgan fingerprint density at radius 3 is 2.48 bits per heavy atom. The highest BCUT2D eigenvalue weighted by atomic mass is 35.5. The maximum absolute atomic E-state index is 12.7. The van der Waals surface area contributed by atoms with Gasteiger partial charge in [0.15, 0.2) is 0 Å². The monoisotopic (exact) mass is 410 g/mol. The van der Waals surface area contributed by atoms with Crippen LogP contribution in [0.2, 0.25) is 5.02 Å². The number of hydrogen-bond acceptors (Lipinski definition) is 3. The van der Waals surface area contributed by atoms with Gasteiger partial charge in [0.1, 0.15) is 0 Å². The summed E-state index contributed by atoms with van der Waals surface area (Å²) in [5, 5.41) is 3.81. The lowest BCUT2D eigenvalue weighted by molar-refractivity contribution is 0.0935. The molecule has 0 spiro atoms. The van der Waals surface area contributed by atoms with Crippen molar-refractivity contribution in [3.05, 3.63) is 89.0 Å². The molecule has 0 radical (unpaired) electrons. The van der Waals surface area contributed by atoms with E-state index in [-0.39, 0.29) is 11.9 Å². The standard InChI is InChI=1S/C23H27ClN4O/c1-3-28(4-2)22(20-7-5-6-8-21(20)24)15-26-23(29)19-11-9-18(10-12-19)16-27-14-13-25-17-27/h5-14,17,22H,3-4,15-16H2,1-2H3,(H,26,29). The Morgan fingerprint density at radius 1 is 1.14 bits per heavy atom. The van der Waals surface area contributed by atoms with Gasteiger partial charge in [-0.1, -0.05) is 55.8 Å². The first-order valence-corrected chi connectivity index (χ1v) is 10.3. The third-order valence-electron chi connectivity index (χ3n) is 5.11. The van der Waals surface area contributed by atoms with E-state index in [2.05, 4.69) is 29.0 Å². The second-order valence-corrected chi connectivity index (χ2v) is 7.31. The van der Waals surface area contributed by atoms with Crippen LogP contribution < -0.4 is 5.32 Å². The summed E-state index contributed by atoms with van der Waals surface area (Å²) in [5.41, 5.74) is 2.81. The normalized spacial score (nSPS) is 12.1. The molecule has 5 nitrogen and oxygen atoms in total. The summed E-state index contributed by atoms with van der Waals surface area (Å²) >= 11 is 6.44. The van der Waals surface area contributed by atoms with Crippen molar-refractivity contribution in [2.75, 3.05) is 19.6 Å². The number of nitrogens with one attached hydrogen (secondary N) is 1. The summed E-state index contributed by atoms with van der Waals surface area (Å²) < 4.78 is 1.99. The lowest BCUT2D eigenvalue weighted by atomic mass is 10.0. The molecule has 2 aromatic carbocycles. The van der Waals surface area contributed by atoms with Crippen molar-refractivity contribution in [2.45, 2.75) is 26.4 Å². The van der Waals surface area contributed by atoms with Crippen molar-refractivity contribution in [1.82, 2.24) is 19.8 Å². The first-order chi connectivity index (χ1) is 14.1. The molecule has 1 aromatic heterocycles. The minimum absolute atomic E-state index is 0.0307. The Morgan fingerprint density at radius 2 is 1.86 bits per heavy atom.